The number of hydrogen-bond donors (Lipinski definition) is 1. The predicted molar refractivity (Wildman–Crippen MR) is 84.5 cm³/mol. The first-order chi connectivity index (χ1) is 10.1. The second-order valence-corrected chi connectivity index (χ2v) is 5.54. The van der Waals surface area contributed by atoms with Gasteiger partial charge in [-0.15, -0.1) is 0 Å². The first-order valence-corrected chi connectivity index (χ1v) is 7.22. The van der Waals surface area contributed by atoms with E-state index >= 15 is 0 Å². The summed E-state index contributed by atoms with van der Waals surface area (Å²) < 4.78 is 0.812. The van der Waals surface area contributed by atoms with Gasteiger partial charge in [-0.05, 0) is 23.8 Å². The van der Waals surface area contributed by atoms with E-state index < -0.39 is 5.91 Å². The Labute approximate surface area is 131 Å². The third-order valence-electron chi connectivity index (χ3n) is 2.92. The van der Waals surface area contributed by atoms with E-state index in [0.717, 1.165) is 10.0 Å². The van der Waals surface area contributed by atoms with E-state index in [1.807, 2.05) is 36.4 Å². The number of carbonyl (C=O) groups is 2. The Morgan fingerprint density at radius 2 is 1.76 bits per heavy atom. The number of benzene rings is 2. The van der Waals surface area contributed by atoms with Crippen molar-refractivity contribution >= 4 is 27.7 Å². The second-order valence-electron chi connectivity index (χ2n) is 4.62. The average molecular weight is 347 g/mol. The molecule has 0 aromatic heterocycles. The van der Waals surface area contributed by atoms with Crippen LogP contribution in [-0.2, 0) is 11.3 Å². The maximum absolute atomic E-state index is 12.5. The standard InChI is InChI=1S/C16H15BrN2O2/c17-14-8-4-7-13(9-14)16(21)19(11-15(18)20)10-12-5-2-1-3-6-12/h1-9H,10-11H2,(H2,18,20). The normalized spacial score (nSPS) is 10.1. The highest BCUT2D eigenvalue weighted by Gasteiger charge is 2.18. The summed E-state index contributed by atoms with van der Waals surface area (Å²) in [5.74, 6) is -0.756. The molecule has 4 nitrogen and oxygen atoms in total. The highest BCUT2D eigenvalue weighted by atomic mass is 79.9. The molecule has 2 aromatic carbocycles. The summed E-state index contributed by atoms with van der Waals surface area (Å²) in [6, 6.07) is 16.5. The average Bonchev–Trinajstić information content (AvgIpc) is 2.46. The van der Waals surface area contributed by atoms with Crippen molar-refractivity contribution in [3.8, 4) is 0 Å². The molecule has 0 fully saturated rings. The molecule has 108 valence electrons. The molecule has 0 aliphatic heterocycles. The zero-order valence-electron chi connectivity index (χ0n) is 11.3. The molecule has 2 rings (SSSR count). The van der Waals surface area contributed by atoms with Gasteiger partial charge in [0.1, 0.15) is 0 Å². The lowest BCUT2D eigenvalue weighted by atomic mass is 10.1. The highest BCUT2D eigenvalue weighted by molar-refractivity contribution is 9.10. The maximum atomic E-state index is 12.5. The molecule has 0 saturated carbocycles. The third kappa shape index (κ3) is 4.43. The van der Waals surface area contributed by atoms with Crippen molar-refractivity contribution in [3.05, 3.63) is 70.2 Å². The molecule has 0 heterocycles. The Hall–Kier alpha value is -2.14. The van der Waals surface area contributed by atoms with E-state index in [1.54, 1.807) is 18.2 Å². The van der Waals surface area contributed by atoms with Crippen LogP contribution in [0.5, 0.6) is 0 Å². The number of primary amides is 1. The highest BCUT2D eigenvalue weighted by Crippen LogP contribution is 2.15. The SMILES string of the molecule is NC(=O)CN(Cc1ccccc1)C(=O)c1cccc(Br)c1. The van der Waals surface area contributed by atoms with E-state index in [-0.39, 0.29) is 12.5 Å². The van der Waals surface area contributed by atoms with Gasteiger partial charge in [0.15, 0.2) is 0 Å². The zero-order chi connectivity index (χ0) is 15.2. The maximum Gasteiger partial charge on any atom is 0.254 e. The van der Waals surface area contributed by atoms with E-state index in [0.29, 0.717) is 12.1 Å². The second kappa shape index (κ2) is 7.04. The monoisotopic (exact) mass is 346 g/mol. The van der Waals surface area contributed by atoms with Crippen LogP contribution in [-0.4, -0.2) is 23.3 Å². The Morgan fingerprint density at radius 1 is 1.05 bits per heavy atom. The van der Waals surface area contributed by atoms with Crippen LogP contribution in [0.25, 0.3) is 0 Å². The minimum absolute atomic E-state index is 0.111. The fraction of sp³-hybridized carbons (Fsp3) is 0.125. The summed E-state index contributed by atoms with van der Waals surface area (Å²) in [6.07, 6.45) is 0. The molecule has 0 spiro atoms. The van der Waals surface area contributed by atoms with Crippen molar-refractivity contribution < 1.29 is 9.59 Å². The molecule has 2 amide bonds. The van der Waals surface area contributed by atoms with Gasteiger partial charge in [0.2, 0.25) is 5.91 Å². The summed E-state index contributed by atoms with van der Waals surface area (Å²) in [6.45, 7) is 0.232. The molecular weight excluding hydrogens is 332 g/mol. The number of nitrogens with two attached hydrogens (primary N) is 1. The Kier molecular flexibility index (Phi) is 5.11. The number of rotatable bonds is 5. The largest absolute Gasteiger partial charge is 0.368 e. The van der Waals surface area contributed by atoms with Gasteiger partial charge in [0.05, 0.1) is 6.54 Å². The first kappa shape index (κ1) is 15.3. The number of nitrogens with zero attached hydrogens (tertiary/aromatic N) is 1. The molecule has 2 N–H and O–H groups in total. The number of amides is 2. The van der Waals surface area contributed by atoms with E-state index in [1.165, 1.54) is 4.90 Å². The van der Waals surface area contributed by atoms with Crippen LogP contribution in [0, 0.1) is 0 Å². The van der Waals surface area contributed by atoms with Crippen LogP contribution >= 0.6 is 15.9 Å². The zero-order valence-corrected chi connectivity index (χ0v) is 12.9. The van der Waals surface area contributed by atoms with Crippen LogP contribution in [0.3, 0.4) is 0 Å². The molecule has 0 radical (unpaired) electrons. The van der Waals surface area contributed by atoms with E-state index in [9.17, 15) is 9.59 Å². The number of carbonyl (C=O) groups excluding carboxylic acids is 2. The van der Waals surface area contributed by atoms with Gasteiger partial charge in [-0.2, -0.15) is 0 Å². The smallest absolute Gasteiger partial charge is 0.254 e. The van der Waals surface area contributed by atoms with Crippen molar-refractivity contribution in [2.45, 2.75) is 6.54 Å². The third-order valence-corrected chi connectivity index (χ3v) is 3.41. The summed E-state index contributed by atoms with van der Waals surface area (Å²) in [7, 11) is 0. The van der Waals surface area contributed by atoms with Gasteiger partial charge in [-0.1, -0.05) is 52.3 Å². The predicted octanol–water partition coefficient (Wildman–Crippen LogP) is 2.58. The molecule has 0 saturated heterocycles. The van der Waals surface area contributed by atoms with E-state index in [4.69, 9.17) is 5.73 Å². The topological polar surface area (TPSA) is 63.4 Å². The van der Waals surface area contributed by atoms with E-state index in [2.05, 4.69) is 15.9 Å². The van der Waals surface area contributed by atoms with Gasteiger partial charge >= 0.3 is 0 Å². The van der Waals surface area contributed by atoms with Crippen molar-refractivity contribution in [1.82, 2.24) is 4.90 Å². The lowest BCUT2D eigenvalue weighted by Crippen LogP contribution is -2.38. The van der Waals surface area contributed by atoms with Crippen molar-refractivity contribution in [2.24, 2.45) is 5.73 Å². The number of hydrogen-bond acceptors (Lipinski definition) is 2. The van der Waals surface area contributed by atoms with Crippen LogP contribution in [0.4, 0.5) is 0 Å². The summed E-state index contributed by atoms with van der Waals surface area (Å²) >= 11 is 3.33. The minimum Gasteiger partial charge on any atom is -0.368 e. The van der Waals surface area contributed by atoms with Gasteiger partial charge in [-0.25, -0.2) is 0 Å². The molecule has 0 unspecified atom stereocenters. The minimum atomic E-state index is -0.533. The number of halogens is 1. The van der Waals surface area contributed by atoms with Gasteiger partial charge in [-0.3, -0.25) is 9.59 Å². The molecule has 0 atom stereocenters. The van der Waals surface area contributed by atoms with Crippen LogP contribution < -0.4 is 5.73 Å². The first-order valence-electron chi connectivity index (χ1n) is 6.43. The fourth-order valence-electron chi connectivity index (χ4n) is 2.00. The van der Waals surface area contributed by atoms with Gasteiger partial charge in [0, 0.05) is 16.6 Å². The molecule has 5 heteroatoms. The van der Waals surface area contributed by atoms with Crippen LogP contribution in [0.15, 0.2) is 59.1 Å². The molecule has 0 aliphatic carbocycles. The molecule has 21 heavy (non-hydrogen) atoms. The van der Waals surface area contributed by atoms with Gasteiger partial charge in [0.25, 0.3) is 5.91 Å². The van der Waals surface area contributed by atoms with Crippen molar-refractivity contribution in [2.75, 3.05) is 6.54 Å². The van der Waals surface area contributed by atoms with Crippen molar-refractivity contribution in [3.63, 3.8) is 0 Å². The molecular formula is C16H15BrN2O2. The Morgan fingerprint density at radius 3 is 2.38 bits per heavy atom. The fourth-order valence-corrected chi connectivity index (χ4v) is 2.39. The Balaban J connectivity index is 2.23. The summed E-state index contributed by atoms with van der Waals surface area (Å²) in [4.78, 5) is 25.2. The summed E-state index contributed by atoms with van der Waals surface area (Å²) in [5.41, 5.74) is 6.71. The lowest BCUT2D eigenvalue weighted by molar-refractivity contribution is -0.118. The molecule has 0 aliphatic rings. The van der Waals surface area contributed by atoms with Crippen LogP contribution in [0.2, 0.25) is 0 Å². The Bertz CT molecular complexity index is 644. The quantitative estimate of drug-likeness (QED) is 0.904. The molecule has 2 aromatic rings. The molecule has 0 bridgehead atoms. The van der Waals surface area contributed by atoms with Crippen LogP contribution in [0.1, 0.15) is 15.9 Å². The summed E-state index contributed by atoms with van der Waals surface area (Å²) in [5, 5.41) is 0. The van der Waals surface area contributed by atoms with Gasteiger partial charge < -0.3 is 10.6 Å². The lowest BCUT2D eigenvalue weighted by Gasteiger charge is -2.21. The van der Waals surface area contributed by atoms with Crippen molar-refractivity contribution in [1.29, 1.82) is 0 Å².